The third kappa shape index (κ3) is 1.65. The van der Waals surface area contributed by atoms with E-state index in [9.17, 15) is 9.59 Å². The van der Waals surface area contributed by atoms with Crippen molar-refractivity contribution in [3.05, 3.63) is 34.4 Å². The summed E-state index contributed by atoms with van der Waals surface area (Å²) in [6.45, 7) is 0. The van der Waals surface area contributed by atoms with E-state index in [1.54, 1.807) is 0 Å². The van der Waals surface area contributed by atoms with Crippen LogP contribution in [0.4, 0.5) is 0 Å². The predicted octanol–water partition coefficient (Wildman–Crippen LogP) is 2.09. The predicted molar refractivity (Wildman–Crippen MR) is 66.6 cm³/mol. The van der Waals surface area contributed by atoms with E-state index in [2.05, 4.69) is 6.07 Å². The fourth-order valence-electron chi connectivity index (χ4n) is 3.07. The molecule has 18 heavy (non-hydrogen) atoms. The molecular formula is C15H16O3. The normalized spacial score (nSPS) is 21.4. The number of carbonyl (C=O) groups is 2. The molecule has 2 aliphatic carbocycles. The van der Waals surface area contributed by atoms with Crippen molar-refractivity contribution >= 4 is 11.8 Å². The molecule has 3 nitrogen and oxygen atoms in total. The smallest absolute Gasteiger partial charge is 0.316 e. The molecule has 2 aliphatic rings. The molecule has 0 radical (unpaired) electrons. The van der Waals surface area contributed by atoms with Gasteiger partial charge < -0.3 is 4.74 Å². The van der Waals surface area contributed by atoms with Gasteiger partial charge in [0.2, 0.25) is 0 Å². The third-order valence-electron chi connectivity index (χ3n) is 4.06. The number of rotatable bonds is 1. The number of hydrogen-bond acceptors (Lipinski definition) is 3. The highest BCUT2D eigenvalue weighted by Crippen LogP contribution is 2.32. The van der Waals surface area contributed by atoms with E-state index in [1.807, 2.05) is 6.07 Å². The summed E-state index contributed by atoms with van der Waals surface area (Å²) in [4.78, 5) is 23.8. The standard InChI is InChI=1S/C15H16O3/c1-18-15(17)13-8-11-6-9-4-2-3-5-10(9)7-12(11)14(13)16/h6-7,13H,2-5,8H2,1H3/t13-/m0/s1. The van der Waals surface area contributed by atoms with Crippen molar-refractivity contribution in [1.82, 2.24) is 0 Å². The summed E-state index contributed by atoms with van der Waals surface area (Å²) in [6.07, 6.45) is 5.08. The Morgan fingerprint density at radius 2 is 1.83 bits per heavy atom. The van der Waals surface area contributed by atoms with E-state index in [0.717, 1.165) is 24.0 Å². The Balaban J connectivity index is 2.00. The van der Waals surface area contributed by atoms with Crippen molar-refractivity contribution in [2.75, 3.05) is 7.11 Å². The van der Waals surface area contributed by atoms with Gasteiger partial charge in [0.15, 0.2) is 5.78 Å². The molecule has 0 aromatic heterocycles. The highest BCUT2D eigenvalue weighted by Gasteiger charge is 2.37. The molecule has 0 aliphatic heterocycles. The van der Waals surface area contributed by atoms with Gasteiger partial charge in [0.1, 0.15) is 5.92 Å². The molecule has 0 fully saturated rings. The van der Waals surface area contributed by atoms with Crippen LogP contribution in [-0.4, -0.2) is 18.9 Å². The SMILES string of the molecule is COC(=O)[C@H]1Cc2cc3c(cc2C1=O)CCCC3. The number of Topliss-reactive ketones (excluding diaryl/α,β-unsaturated/α-hetero) is 1. The van der Waals surface area contributed by atoms with Crippen LogP contribution in [0.1, 0.15) is 39.9 Å². The maximum Gasteiger partial charge on any atom is 0.316 e. The molecule has 0 unspecified atom stereocenters. The lowest BCUT2D eigenvalue weighted by Gasteiger charge is -2.16. The molecule has 1 aromatic rings. The van der Waals surface area contributed by atoms with Crippen LogP contribution in [0.2, 0.25) is 0 Å². The van der Waals surface area contributed by atoms with Gasteiger partial charge in [-0.05, 0) is 54.9 Å². The first-order chi connectivity index (χ1) is 8.70. The number of benzene rings is 1. The molecule has 0 saturated heterocycles. The molecular weight excluding hydrogens is 228 g/mol. The van der Waals surface area contributed by atoms with Crippen LogP contribution in [-0.2, 0) is 28.8 Å². The van der Waals surface area contributed by atoms with E-state index < -0.39 is 11.9 Å². The Morgan fingerprint density at radius 3 is 2.50 bits per heavy atom. The minimum atomic E-state index is -0.617. The zero-order valence-electron chi connectivity index (χ0n) is 10.5. The van der Waals surface area contributed by atoms with E-state index in [-0.39, 0.29) is 5.78 Å². The molecule has 0 saturated carbocycles. The molecule has 0 heterocycles. The number of carbonyl (C=O) groups excluding carboxylic acids is 2. The van der Waals surface area contributed by atoms with Crippen molar-refractivity contribution in [2.24, 2.45) is 5.92 Å². The largest absolute Gasteiger partial charge is 0.468 e. The number of methoxy groups -OCH3 is 1. The first-order valence-corrected chi connectivity index (χ1v) is 6.47. The van der Waals surface area contributed by atoms with Gasteiger partial charge in [-0.25, -0.2) is 0 Å². The summed E-state index contributed by atoms with van der Waals surface area (Å²) in [7, 11) is 1.34. The topological polar surface area (TPSA) is 43.4 Å². The Bertz CT molecular complexity index is 531. The Labute approximate surface area is 106 Å². The monoisotopic (exact) mass is 244 g/mol. The fourth-order valence-corrected chi connectivity index (χ4v) is 3.07. The molecule has 0 spiro atoms. The fraction of sp³-hybridized carbons (Fsp3) is 0.467. The maximum atomic E-state index is 12.2. The van der Waals surface area contributed by atoms with Crippen LogP contribution in [0.5, 0.6) is 0 Å². The van der Waals surface area contributed by atoms with Crippen molar-refractivity contribution in [3.8, 4) is 0 Å². The molecule has 0 N–H and O–H groups in total. The van der Waals surface area contributed by atoms with Crippen LogP contribution in [0.15, 0.2) is 12.1 Å². The lowest BCUT2D eigenvalue weighted by Crippen LogP contribution is -2.21. The summed E-state index contributed by atoms with van der Waals surface area (Å²) in [5, 5.41) is 0. The minimum absolute atomic E-state index is 0.0646. The van der Waals surface area contributed by atoms with E-state index >= 15 is 0 Å². The number of ether oxygens (including phenoxy) is 1. The van der Waals surface area contributed by atoms with Gasteiger partial charge in [0, 0.05) is 5.56 Å². The van der Waals surface area contributed by atoms with Gasteiger partial charge in [-0.15, -0.1) is 0 Å². The van der Waals surface area contributed by atoms with E-state index in [1.165, 1.54) is 31.1 Å². The number of esters is 1. The summed E-state index contributed by atoms with van der Waals surface area (Å²) >= 11 is 0. The van der Waals surface area contributed by atoms with Crippen molar-refractivity contribution in [3.63, 3.8) is 0 Å². The van der Waals surface area contributed by atoms with Crippen LogP contribution in [0.25, 0.3) is 0 Å². The summed E-state index contributed by atoms with van der Waals surface area (Å²) in [5.74, 6) is -1.09. The third-order valence-corrected chi connectivity index (χ3v) is 4.06. The van der Waals surface area contributed by atoms with Crippen molar-refractivity contribution < 1.29 is 14.3 Å². The average molecular weight is 244 g/mol. The van der Waals surface area contributed by atoms with Crippen LogP contribution in [0.3, 0.4) is 0 Å². The highest BCUT2D eigenvalue weighted by molar-refractivity contribution is 6.12. The highest BCUT2D eigenvalue weighted by atomic mass is 16.5. The van der Waals surface area contributed by atoms with Crippen LogP contribution >= 0.6 is 0 Å². The van der Waals surface area contributed by atoms with E-state index in [0.29, 0.717) is 6.42 Å². The maximum absolute atomic E-state index is 12.2. The zero-order chi connectivity index (χ0) is 12.7. The van der Waals surface area contributed by atoms with Crippen LogP contribution in [0, 0.1) is 5.92 Å². The first-order valence-electron chi connectivity index (χ1n) is 6.47. The van der Waals surface area contributed by atoms with Gasteiger partial charge in [0.25, 0.3) is 0 Å². The number of aryl methyl sites for hydroxylation is 2. The second-order valence-electron chi connectivity index (χ2n) is 5.13. The molecule has 1 aromatic carbocycles. The first kappa shape index (κ1) is 11.5. The molecule has 3 heteroatoms. The summed E-state index contributed by atoms with van der Waals surface area (Å²) in [6, 6.07) is 4.14. The number of fused-ring (bicyclic) bond motifs is 2. The second kappa shape index (κ2) is 4.23. The van der Waals surface area contributed by atoms with Gasteiger partial charge in [-0.3, -0.25) is 9.59 Å². The quantitative estimate of drug-likeness (QED) is 0.561. The number of hydrogen-bond donors (Lipinski definition) is 0. The van der Waals surface area contributed by atoms with Crippen LogP contribution < -0.4 is 0 Å². The lowest BCUT2D eigenvalue weighted by molar-refractivity contribution is -0.143. The van der Waals surface area contributed by atoms with Gasteiger partial charge in [-0.1, -0.05) is 6.07 Å². The summed E-state index contributed by atoms with van der Waals surface area (Å²) in [5.41, 5.74) is 4.42. The van der Waals surface area contributed by atoms with Crippen molar-refractivity contribution in [2.45, 2.75) is 32.1 Å². The second-order valence-corrected chi connectivity index (χ2v) is 5.13. The van der Waals surface area contributed by atoms with E-state index in [4.69, 9.17) is 4.74 Å². The molecule has 1 atom stereocenters. The summed E-state index contributed by atoms with van der Waals surface area (Å²) < 4.78 is 4.70. The molecule has 3 rings (SSSR count). The Hall–Kier alpha value is -1.64. The van der Waals surface area contributed by atoms with Gasteiger partial charge in [0.05, 0.1) is 7.11 Å². The molecule has 0 amide bonds. The average Bonchev–Trinajstić information content (AvgIpc) is 2.72. The zero-order valence-corrected chi connectivity index (χ0v) is 10.5. The Morgan fingerprint density at radius 1 is 1.17 bits per heavy atom. The van der Waals surface area contributed by atoms with Gasteiger partial charge >= 0.3 is 5.97 Å². The lowest BCUT2D eigenvalue weighted by atomic mass is 9.89. The van der Waals surface area contributed by atoms with Gasteiger partial charge in [-0.2, -0.15) is 0 Å². The number of ketones is 1. The minimum Gasteiger partial charge on any atom is -0.468 e. The molecule has 94 valence electrons. The molecule has 0 bridgehead atoms. The van der Waals surface area contributed by atoms with Crippen molar-refractivity contribution in [1.29, 1.82) is 0 Å². The Kier molecular flexibility index (Phi) is 2.69.